The van der Waals surface area contributed by atoms with Crippen LogP contribution in [0.2, 0.25) is 0 Å². The molecule has 1 amide bonds. The summed E-state index contributed by atoms with van der Waals surface area (Å²) in [7, 11) is 0. The van der Waals surface area contributed by atoms with E-state index in [1.165, 1.54) is 5.56 Å². The lowest BCUT2D eigenvalue weighted by atomic mass is 10.00. The Morgan fingerprint density at radius 1 is 1.07 bits per heavy atom. The molecule has 1 aliphatic heterocycles. The molecule has 7 heteroatoms. The molecule has 144 valence electrons. The third kappa shape index (κ3) is 4.43. The fraction of sp³-hybridized carbons (Fsp3) is 0.333. The van der Waals surface area contributed by atoms with Gasteiger partial charge >= 0.3 is 0 Å². The number of carbonyl (C=O) groups is 1. The van der Waals surface area contributed by atoms with Crippen LogP contribution in [0.4, 0.5) is 5.69 Å². The molecular formula is C21H24N6O. The fourth-order valence-electron chi connectivity index (χ4n) is 3.68. The quantitative estimate of drug-likeness (QED) is 0.716. The third-order valence-corrected chi connectivity index (χ3v) is 5.20. The summed E-state index contributed by atoms with van der Waals surface area (Å²) < 4.78 is 1.58. The highest BCUT2D eigenvalue weighted by Gasteiger charge is 2.28. The lowest BCUT2D eigenvalue weighted by molar-refractivity contribution is -0.122. The van der Waals surface area contributed by atoms with Gasteiger partial charge in [-0.25, -0.2) is 4.68 Å². The van der Waals surface area contributed by atoms with Crippen molar-refractivity contribution in [3.8, 4) is 5.69 Å². The average molecular weight is 376 g/mol. The van der Waals surface area contributed by atoms with Crippen LogP contribution in [0.15, 0.2) is 60.9 Å². The first-order valence-electron chi connectivity index (χ1n) is 9.72. The second-order valence-corrected chi connectivity index (χ2v) is 7.07. The van der Waals surface area contributed by atoms with Crippen LogP contribution in [0.5, 0.6) is 0 Å². The van der Waals surface area contributed by atoms with Crippen molar-refractivity contribution in [2.45, 2.75) is 31.7 Å². The molecule has 2 aromatic carbocycles. The molecule has 2 heterocycles. The number of tetrazole rings is 1. The van der Waals surface area contributed by atoms with Crippen LogP contribution in [0, 0.1) is 0 Å². The summed E-state index contributed by atoms with van der Waals surface area (Å²) in [5, 5.41) is 14.2. The number of anilines is 1. The molecule has 1 aromatic heterocycles. The number of aromatic nitrogens is 4. The van der Waals surface area contributed by atoms with E-state index in [1.54, 1.807) is 11.0 Å². The van der Waals surface area contributed by atoms with Gasteiger partial charge in [0.15, 0.2) is 0 Å². The summed E-state index contributed by atoms with van der Waals surface area (Å²) in [4.78, 5) is 15.2. The number of benzene rings is 2. The maximum absolute atomic E-state index is 12.9. The molecule has 0 aliphatic carbocycles. The first-order chi connectivity index (χ1) is 13.8. The van der Waals surface area contributed by atoms with Gasteiger partial charge in [-0.05, 0) is 66.1 Å². The van der Waals surface area contributed by atoms with Crippen LogP contribution in [-0.4, -0.2) is 50.1 Å². The van der Waals surface area contributed by atoms with Crippen molar-refractivity contribution in [1.29, 1.82) is 0 Å². The van der Waals surface area contributed by atoms with E-state index in [9.17, 15) is 4.79 Å². The smallest absolute Gasteiger partial charge is 0.241 e. The van der Waals surface area contributed by atoms with Gasteiger partial charge in [0.2, 0.25) is 5.91 Å². The fourth-order valence-corrected chi connectivity index (χ4v) is 3.68. The summed E-state index contributed by atoms with van der Waals surface area (Å²) in [6, 6.07) is 17.9. The predicted molar refractivity (Wildman–Crippen MR) is 107 cm³/mol. The van der Waals surface area contributed by atoms with E-state index < -0.39 is 0 Å². The molecule has 0 radical (unpaired) electrons. The Bertz CT molecular complexity index is 879. The highest BCUT2D eigenvalue weighted by atomic mass is 16.2. The number of hydrogen-bond acceptors (Lipinski definition) is 5. The Kier molecular flexibility index (Phi) is 5.72. The van der Waals surface area contributed by atoms with Crippen molar-refractivity contribution in [2.24, 2.45) is 0 Å². The van der Waals surface area contributed by atoms with Crippen LogP contribution >= 0.6 is 0 Å². The molecule has 1 saturated heterocycles. The number of rotatable bonds is 6. The minimum atomic E-state index is -0.0725. The normalized spacial score (nSPS) is 17.4. The maximum atomic E-state index is 12.9. The third-order valence-electron chi connectivity index (χ3n) is 5.20. The van der Waals surface area contributed by atoms with Crippen LogP contribution in [0.25, 0.3) is 5.69 Å². The molecule has 1 N–H and O–H groups in total. The van der Waals surface area contributed by atoms with E-state index in [1.807, 2.05) is 30.3 Å². The number of piperidine rings is 1. The SMILES string of the molecule is O=C(Nc1ccc(-n2cnnn2)cc1)C1CCCCN1CCc1ccccc1. The molecule has 28 heavy (non-hydrogen) atoms. The number of carbonyl (C=O) groups excluding carboxylic acids is 1. The number of hydrogen-bond donors (Lipinski definition) is 1. The van der Waals surface area contributed by atoms with Crippen molar-refractivity contribution in [3.63, 3.8) is 0 Å². The molecule has 1 aliphatic rings. The van der Waals surface area contributed by atoms with Gasteiger partial charge in [-0.3, -0.25) is 9.69 Å². The maximum Gasteiger partial charge on any atom is 0.241 e. The minimum absolute atomic E-state index is 0.0722. The largest absolute Gasteiger partial charge is 0.325 e. The number of nitrogens with one attached hydrogen (secondary N) is 1. The molecule has 7 nitrogen and oxygen atoms in total. The average Bonchev–Trinajstić information content (AvgIpc) is 3.29. The standard InChI is InChI=1S/C21H24N6O/c28-21(23-18-9-11-19(12-10-18)27-16-22-24-25-27)20-8-4-5-14-26(20)15-13-17-6-2-1-3-7-17/h1-3,6-7,9-12,16,20H,4-5,8,13-15H2,(H,23,28). The minimum Gasteiger partial charge on any atom is -0.325 e. The topological polar surface area (TPSA) is 75.9 Å². The van der Waals surface area contributed by atoms with Crippen molar-refractivity contribution in [2.75, 3.05) is 18.4 Å². The molecule has 4 rings (SSSR count). The van der Waals surface area contributed by atoms with Gasteiger partial charge in [0.25, 0.3) is 0 Å². The van der Waals surface area contributed by atoms with E-state index in [0.717, 1.165) is 50.1 Å². The Morgan fingerprint density at radius 3 is 2.64 bits per heavy atom. The van der Waals surface area contributed by atoms with Crippen molar-refractivity contribution in [1.82, 2.24) is 25.1 Å². The van der Waals surface area contributed by atoms with Gasteiger partial charge in [0.05, 0.1) is 11.7 Å². The van der Waals surface area contributed by atoms with Crippen molar-refractivity contribution < 1.29 is 4.79 Å². The lowest BCUT2D eigenvalue weighted by Gasteiger charge is -2.34. The summed E-state index contributed by atoms with van der Waals surface area (Å²) >= 11 is 0. The number of likely N-dealkylation sites (tertiary alicyclic amines) is 1. The zero-order valence-electron chi connectivity index (χ0n) is 15.7. The van der Waals surface area contributed by atoms with E-state index in [0.29, 0.717) is 0 Å². The van der Waals surface area contributed by atoms with E-state index in [2.05, 4.69) is 50.0 Å². The molecule has 1 fully saturated rings. The van der Waals surface area contributed by atoms with Gasteiger partial charge in [-0.1, -0.05) is 36.8 Å². The zero-order chi connectivity index (χ0) is 19.2. The van der Waals surface area contributed by atoms with Crippen LogP contribution in [-0.2, 0) is 11.2 Å². The molecule has 1 unspecified atom stereocenters. The highest BCUT2D eigenvalue weighted by molar-refractivity contribution is 5.95. The van der Waals surface area contributed by atoms with E-state index in [-0.39, 0.29) is 11.9 Å². The molecule has 3 aromatic rings. The van der Waals surface area contributed by atoms with Gasteiger partial charge in [-0.2, -0.15) is 0 Å². The Labute approximate surface area is 164 Å². The van der Waals surface area contributed by atoms with Crippen LogP contribution in [0.3, 0.4) is 0 Å². The zero-order valence-corrected chi connectivity index (χ0v) is 15.7. The highest BCUT2D eigenvalue weighted by Crippen LogP contribution is 2.20. The summed E-state index contributed by atoms with van der Waals surface area (Å²) in [6.45, 7) is 1.88. The number of nitrogens with zero attached hydrogens (tertiary/aromatic N) is 5. The summed E-state index contributed by atoms with van der Waals surface area (Å²) in [5.41, 5.74) is 2.95. The Morgan fingerprint density at radius 2 is 1.89 bits per heavy atom. The molecule has 1 atom stereocenters. The van der Waals surface area contributed by atoms with E-state index >= 15 is 0 Å². The first kappa shape index (κ1) is 18.3. The molecular weight excluding hydrogens is 352 g/mol. The predicted octanol–water partition coefficient (Wildman–Crippen LogP) is 2.70. The van der Waals surface area contributed by atoms with E-state index in [4.69, 9.17) is 0 Å². The Balaban J connectivity index is 1.37. The van der Waals surface area contributed by atoms with Crippen molar-refractivity contribution in [3.05, 3.63) is 66.5 Å². The van der Waals surface area contributed by atoms with Crippen LogP contribution in [0.1, 0.15) is 24.8 Å². The van der Waals surface area contributed by atoms with Gasteiger partial charge in [0.1, 0.15) is 6.33 Å². The van der Waals surface area contributed by atoms with Gasteiger partial charge < -0.3 is 5.32 Å². The summed E-state index contributed by atoms with van der Waals surface area (Å²) in [6.07, 6.45) is 5.66. The molecule has 0 spiro atoms. The van der Waals surface area contributed by atoms with Crippen molar-refractivity contribution >= 4 is 11.6 Å². The second-order valence-electron chi connectivity index (χ2n) is 7.07. The molecule has 0 bridgehead atoms. The Hall–Kier alpha value is -3.06. The monoisotopic (exact) mass is 376 g/mol. The van der Waals surface area contributed by atoms with Gasteiger partial charge in [-0.15, -0.1) is 5.10 Å². The number of amides is 1. The van der Waals surface area contributed by atoms with Gasteiger partial charge in [0, 0.05) is 12.2 Å². The molecule has 0 saturated carbocycles. The summed E-state index contributed by atoms with van der Waals surface area (Å²) in [5.74, 6) is 0.0722. The second kappa shape index (κ2) is 8.75. The van der Waals surface area contributed by atoms with Crippen LogP contribution < -0.4 is 5.32 Å². The lowest BCUT2D eigenvalue weighted by Crippen LogP contribution is -2.47. The first-order valence-corrected chi connectivity index (χ1v) is 9.72.